The third-order valence-electron chi connectivity index (χ3n) is 6.11. The Balaban J connectivity index is 0.00000361. The third kappa shape index (κ3) is 7.51. The third-order valence-corrected chi connectivity index (χ3v) is 6.11. The van der Waals surface area contributed by atoms with Gasteiger partial charge >= 0.3 is 29.6 Å². The number of hydrogen-bond acceptors (Lipinski definition) is 5. The Kier molecular flexibility index (Phi) is 10.3. The van der Waals surface area contributed by atoms with E-state index in [4.69, 9.17) is 0 Å². The fraction of sp³-hybridized carbons (Fsp3) is 0.250. The molecule has 4 atom stereocenters. The number of nitrogens with one attached hydrogen (secondary N) is 2. The maximum absolute atomic E-state index is 13.1. The van der Waals surface area contributed by atoms with E-state index in [2.05, 4.69) is 10.6 Å². The van der Waals surface area contributed by atoms with E-state index in [0.717, 1.165) is 16.7 Å². The van der Waals surface area contributed by atoms with Crippen LogP contribution in [0, 0.1) is 0 Å². The Morgan fingerprint density at radius 2 is 1.31 bits per heavy atom. The van der Waals surface area contributed by atoms with Crippen LogP contribution in [0.15, 0.2) is 91.0 Å². The average Bonchev–Trinajstić information content (AvgIpc) is 3.59. The van der Waals surface area contributed by atoms with Crippen molar-refractivity contribution in [3.05, 3.63) is 108 Å². The minimum atomic E-state index is -1.30. The van der Waals surface area contributed by atoms with Crippen molar-refractivity contribution in [2.24, 2.45) is 0 Å². The summed E-state index contributed by atoms with van der Waals surface area (Å²) in [5.74, 6) is -2.10. The number of benzene rings is 3. The molecule has 0 radical (unpaired) electrons. The number of hydrogen-bond donors (Lipinski definition) is 2. The van der Waals surface area contributed by atoms with Gasteiger partial charge in [0.25, 0.3) is 0 Å². The molecule has 3 aromatic carbocycles. The molecule has 1 fully saturated rings. The van der Waals surface area contributed by atoms with E-state index < -0.39 is 30.0 Å². The van der Waals surface area contributed by atoms with Gasteiger partial charge in [0.2, 0.25) is 11.8 Å². The predicted molar refractivity (Wildman–Crippen MR) is 130 cm³/mol. The molecule has 2 amide bonds. The van der Waals surface area contributed by atoms with Gasteiger partial charge in [-0.05, 0) is 23.1 Å². The number of carbonyl (C=O) groups is 3. The minimum Gasteiger partial charge on any atom is -0.548 e. The molecule has 36 heavy (non-hydrogen) atoms. The van der Waals surface area contributed by atoms with Crippen LogP contribution in [-0.2, 0) is 33.8 Å². The number of rotatable bonds is 11. The Labute approximate surface area is 233 Å². The Hall–Kier alpha value is -2.97. The van der Waals surface area contributed by atoms with E-state index in [1.54, 1.807) is 4.90 Å². The molecule has 7 nitrogen and oxygen atoms in total. The van der Waals surface area contributed by atoms with Crippen LogP contribution in [0.5, 0.6) is 0 Å². The summed E-state index contributed by atoms with van der Waals surface area (Å²) in [6.07, 6.45) is 0.962. The van der Waals surface area contributed by atoms with Crippen LogP contribution >= 0.6 is 0 Å². The molecule has 0 spiro atoms. The van der Waals surface area contributed by atoms with Crippen molar-refractivity contribution >= 4 is 17.8 Å². The molecule has 1 saturated heterocycles. The monoisotopic (exact) mass is 493 g/mol. The van der Waals surface area contributed by atoms with Crippen molar-refractivity contribution in [1.82, 2.24) is 15.5 Å². The molecule has 0 aliphatic carbocycles. The summed E-state index contributed by atoms with van der Waals surface area (Å²) in [6.45, 7) is 0.736. The van der Waals surface area contributed by atoms with Gasteiger partial charge in [0, 0.05) is 19.5 Å². The first kappa shape index (κ1) is 27.6. The number of nitrogens with zero attached hydrogens (tertiary/aromatic N) is 1. The van der Waals surface area contributed by atoms with Crippen molar-refractivity contribution in [2.75, 3.05) is 6.54 Å². The van der Waals surface area contributed by atoms with Gasteiger partial charge in [-0.1, -0.05) is 91.0 Å². The van der Waals surface area contributed by atoms with Gasteiger partial charge in [0.15, 0.2) is 0 Å². The molecule has 1 aliphatic rings. The molecule has 3 aromatic rings. The average molecular weight is 494 g/mol. The van der Waals surface area contributed by atoms with Crippen LogP contribution in [0.2, 0.25) is 0 Å². The van der Waals surface area contributed by atoms with E-state index in [-0.39, 0.29) is 35.5 Å². The van der Waals surface area contributed by atoms with Crippen LogP contribution in [-0.4, -0.2) is 47.4 Å². The van der Waals surface area contributed by atoms with Crippen molar-refractivity contribution in [3.8, 4) is 0 Å². The SMILES string of the molecule is O=C(NCCc1ccccc1)[C@H](Cc1ccccc1)NC(=O)[C@@H]1[C@@H](C(=O)[O-])N1Cc1ccccc1.[Na+]. The normalized spacial score (nSPS) is 18.8. The minimum absolute atomic E-state index is 0. The van der Waals surface area contributed by atoms with Gasteiger partial charge in [0.05, 0.1) is 12.0 Å². The molecule has 1 unspecified atom stereocenters. The molecule has 4 rings (SSSR count). The quantitative estimate of drug-likeness (QED) is 0.240. The molecule has 1 heterocycles. The van der Waals surface area contributed by atoms with E-state index in [0.29, 0.717) is 25.9 Å². The first-order valence-electron chi connectivity index (χ1n) is 11.7. The molecule has 2 N–H and O–H groups in total. The molecule has 1 aliphatic heterocycles. The van der Waals surface area contributed by atoms with Crippen molar-refractivity contribution < 1.29 is 49.0 Å². The van der Waals surface area contributed by atoms with Crippen LogP contribution < -0.4 is 45.3 Å². The van der Waals surface area contributed by atoms with Crippen LogP contribution in [0.3, 0.4) is 0 Å². The second-order valence-corrected chi connectivity index (χ2v) is 8.64. The zero-order valence-electron chi connectivity index (χ0n) is 20.3. The maximum atomic E-state index is 13.1. The summed E-state index contributed by atoms with van der Waals surface area (Å²) in [4.78, 5) is 39.3. The Bertz CT molecular complexity index is 1150. The van der Waals surface area contributed by atoms with Gasteiger partial charge in [0.1, 0.15) is 12.1 Å². The molecule has 0 bridgehead atoms. The molecular formula is C28H28N3NaO4. The second-order valence-electron chi connectivity index (χ2n) is 8.64. The van der Waals surface area contributed by atoms with E-state index in [1.165, 1.54) is 0 Å². The van der Waals surface area contributed by atoms with Gasteiger partial charge in [-0.3, -0.25) is 14.5 Å². The largest absolute Gasteiger partial charge is 1.00 e. The number of carbonyl (C=O) groups excluding carboxylic acids is 3. The summed E-state index contributed by atoms with van der Waals surface area (Å²) in [6, 6.07) is 25.8. The van der Waals surface area contributed by atoms with Crippen LogP contribution in [0.25, 0.3) is 0 Å². The zero-order valence-corrected chi connectivity index (χ0v) is 22.3. The number of carboxylic acid groups (broad SMARTS) is 1. The van der Waals surface area contributed by atoms with Gasteiger partial charge < -0.3 is 20.5 Å². The van der Waals surface area contributed by atoms with E-state index in [1.807, 2.05) is 91.0 Å². The molecule has 180 valence electrons. The fourth-order valence-electron chi connectivity index (χ4n) is 4.24. The van der Waals surface area contributed by atoms with E-state index in [9.17, 15) is 19.5 Å². The fourth-order valence-corrected chi connectivity index (χ4v) is 4.24. The zero-order chi connectivity index (χ0) is 24.6. The van der Waals surface area contributed by atoms with Gasteiger partial charge in [-0.2, -0.15) is 0 Å². The summed E-state index contributed by atoms with van der Waals surface area (Å²) >= 11 is 0. The predicted octanol–water partition coefficient (Wildman–Crippen LogP) is -1.92. The van der Waals surface area contributed by atoms with Gasteiger partial charge in [-0.15, -0.1) is 0 Å². The summed E-state index contributed by atoms with van der Waals surface area (Å²) in [7, 11) is 0. The molecular weight excluding hydrogens is 465 g/mol. The molecule has 0 saturated carbocycles. The summed E-state index contributed by atoms with van der Waals surface area (Å²) < 4.78 is 0. The first-order valence-corrected chi connectivity index (χ1v) is 11.7. The smallest absolute Gasteiger partial charge is 0.548 e. The van der Waals surface area contributed by atoms with Crippen molar-refractivity contribution in [1.29, 1.82) is 0 Å². The van der Waals surface area contributed by atoms with Crippen molar-refractivity contribution in [3.63, 3.8) is 0 Å². The number of aliphatic carboxylic acids is 1. The topological polar surface area (TPSA) is 101 Å². The van der Waals surface area contributed by atoms with Crippen LogP contribution in [0.4, 0.5) is 0 Å². The van der Waals surface area contributed by atoms with Crippen LogP contribution in [0.1, 0.15) is 16.7 Å². The summed E-state index contributed by atoms with van der Waals surface area (Å²) in [5, 5.41) is 17.3. The van der Waals surface area contributed by atoms with Gasteiger partial charge in [-0.25, -0.2) is 0 Å². The molecule has 8 heteroatoms. The maximum Gasteiger partial charge on any atom is 1.00 e. The standard InChI is InChI=1S/C28H29N3O4.Na/c32-26(29-17-16-20-10-4-1-5-11-20)23(18-21-12-6-2-7-13-21)30-27(33)24-25(28(34)35)31(24)19-22-14-8-3-9-15-22;/h1-15,23-25H,16-19H2,(H,29,32)(H,30,33)(H,34,35);/q;+1/p-1/t23-,24-,25-,31?;/m0./s1. The second kappa shape index (κ2) is 13.4. The Morgan fingerprint density at radius 3 is 1.86 bits per heavy atom. The Morgan fingerprint density at radius 1 is 0.778 bits per heavy atom. The summed E-state index contributed by atoms with van der Waals surface area (Å²) in [5.41, 5.74) is 2.89. The van der Waals surface area contributed by atoms with Crippen molar-refractivity contribution in [2.45, 2.75) is 37.5 Å². The first-order chi connectivity index (χ1) is 17.0. The number of amides is 2. The number of carboxylic acids is 1. The van der Waals surface area contributed by atoms with E-state index >= 15 is 0 Å². The molecule has 0 aromatic heterocycles.